The molecule has 0 spiro atoms. The van der Waals surface area contributed by atoms with Gasteiger partial charge in [-0.15, -0.1) is 11.8 Å². The summed E-state index contributed by atoms with van der Waals surface area (Å²) >= 11 is 1.24. The van der Waals surface area contributed by atoms with E-state index in [1.165, 1.54) is 11.8 Å². The number of para-hydroxylation sites is 1. The summed E-state index contributed by atoms with van der Waals surface area (Å²) in [6.07, 6.45) is 1.33. The molecular weight excluding hydrogens is 316 g/mol. The van der Waals surface area contributed by atoms with E-state index >= 15 is 0 Å². The van der Waals surface area contributed by atoms with Crippen molar-refractivity contribution in [2.45, 2.75) is 12.8 Å². The van der Waals surface area contributed by atoms with Crippen LogP contribution in [0.2, 0.25) is 0 Å². The smallest absolute Gasteiger partial charge is 0.308 e. The lowest BCUT2D eigenvalue weighted by Crippen LogP contribution is -2.43. The molecule has 23 heavy (non-hydrogen) atoms. The fourth-order valence-electron chi connectivity index (χ4n) is 2.45. The van der Waals surface area contributed by atoms with Gasteiger partial charge in [0.1, 0.15) is 0 Å². The molecule has 1 aliphatic heterocycles. The van der Waals surface area contributed by atoms with Crippen LogP contribution in [0.15, 0.2) is 30.3 Å². The standard InChI is InChI=1S/C16H20N2O4S/c19-14(17-13-6-2-1-3-7-13)10-23-11-15(20)18-8-4-5-12(9-18)16(21)22/h1-3,6-7,12H,4-5,8-11H2,(H,17,19)(H,21,22). The van der Waals surface area contributed by atoms with Crippen LogP contribution in [0.3, 0.4) is 0 Å². The van der Waals surface area contributed by atoms with Crippen LogP contribution in [0.5, 0.6) is 0 Å². The number of carboxylic acid groups (broad SMARTS) is 1. The SMILES string of the molecule is O=C(CSCC(=O)N1CCCC(C(=O)O)C1)Nc1ccccc1. The third kappa shape index (κ3) is 5.59. The molecule has 1 heterocycles. The fourth-order valence-corrected chi connectivity index (χ4v) is 3.16. The summed E-state index contributed by atoms with van der Waals surface area (Å²) in [5.74, 6) is -1.20. The van der Waals surface area contributed by atoms with Gasteiger partial charge in [0, 0.05) is 18.8 Å². The van der Waals surface area contributed by atoms with Crippen LogP contribution >= 0.6 is 11.8 Å². The molecule has 2 amide bonds. The van der Waals surface area contributed by atoms with Gasteiger partial charge in [-0.2, -0.15) is 0 Å². The fraction of sp³-hybridized carbons (Fsp3) is 0.438. The van der Waals surface area contributed by atoms with Crippen molar-refractivity contribution in [2.75, 3.05) is 29.9 Å². The first kappa shape index (κ1) is 17.3. The predicted molar refractivity (Wildman–Crippen MR) is 89.3 cm³/mol. The van der Waals surface area contributed by atoms with Crippen LogP contribution in [0, 0.1) is 5.92 Å². The molecular formula is C16H20N2O4S. The van der Waals surface area contributed by atoms with E-state index in [9.17, 15) is 14.4 Å². The minimum absolute atomic E-state index is 0.103. The van der Waals surface area contributed by atoms with Crippen LogP contribution in [0.1, 0.15) is 12.8 Å². The van der Waals surface area contributed by atoms with E-state index in [2.05, 4.69) is 5.32 Å². The minimum atomic E-state index is -0.850. The number of piperidine rings is 1. The third-order valence-corrected chi connectivity index (χ3v) is 4.56. The first-order valence-corrected chi connectivity index (χ1v) is 8.65. The molecule has 6 nitrogen and oxygen atoms in total. The zero-order valence-corrected chi connectivity index (χ0v) is 13.6. The van der Waals surface area contributed by atoms with Crippen LogP contribution in [0.4, 0.5) is 5.69 Å². The number of aliphatic carboxylic acids is 1. The van der Waals surface area contributed by atoms with Crippen molar-refractivity contribution in [3.63, 3.8) is 0 Å². The van der Waals surface area contributed by atoms with Crippen LogP contribution in [0.25, 0.3) is 0 Å². The van der Waals surface area contributed by atoms with Gasteiger partial charge in [-0.3, -0.25) is 14.4 Å². The highest BCUT2D eigenvalue weighted by Gasteiger charge is 2.27. The molecule has 0 bridgehead atoms. The van der Waals surface area contributed by atoms with E-state index < -0.39 is 11.9 Å². The van der Waals surface area contributed by atoms with Crippen LogP contribution in [-0.2, 0) is 14.4 Å². The molecule has 1 aliphatic rings. The highest BCUT2D eigenvalue weighted by molar-refractivity contribution is 8.00. The van der Waals surface area contributed by atoms with Crippen molar-refractivity contribution in [1.29, 1.82) is 0 Å². The number of thioether (sulfide) groups is 1. The minimum Gasteiger partial charge on any atom is -0.481 e. The van der Waals surface area contributed by atoms with Gasteiger partial charge in [-0.25, -0.2) is 0 Å². The molecule has 2 N–H and O–H groups in total. The Bertz CT molecular complexity index is 564. The van der Waals surface area contributed by atoms with E-state index in [1.807, 2.05) is 18.2 Å². The molecule has 1 atom stereocenters. The number of carbonyl (C=O) groups is 3. The van der Waals surface area contributed by atoms with Gasteiger partial charge in [0.25, 0.3) is 0 Å². The van der Waals surface area contributed by atoms with Crippen molar-refractivity contribution in [2.24, 2.45) is 5.92 Å². The Morgan fingerprint density at radius 3 is 2.65 bits per heavy atom. The van der Waals surface area contributed by atoms with E-state index in [0.717, 1.165) is 5.69 Å². The normalized spacial score (nSPS) is 17.6. The molecule has 0 aromatic heterocycles. The van der Waals surface area contributed by atoms with Crippen molar-refractivity contribution >= 4 is 35.2 Å². The monoisotopic (exact) mass is 336 g/mol. The highest BCUT2D eigenvalue weighted by Crippen LogP contribution is 2.17. The summed E-state index contributed by atoms with van der Waals surface area (Å²) in [6, 6.07) is 9.13. The third-order valence-electron chi connectivity index (χ3n) is 3.64. The molecule has 1 aromatic rings. The molecule has 7 heteroatoms. The van der Waals surface area contributed by atoms with E-state index in [0.29, 0.717) is 19.4 Å². The van der Waals surface area contributed by atoms with Gasteiger partial charge in [0.05, 0.1) is 17.4 Å². The number of rotatable bonds is 6. The van der Waals surface area contributed by atoms with Gasteiger partial charge in [0.15, 0.2) is 0 Å². The molecule has 1 fully saturated rings. The van der Waals surface area contributed by atoms with E-state index in [4.69, 9.17) is 5.11 Å². The second-order valence-electron chi connectivity index (χ2n) is 5.42. The van der Waals surface area contributed by atoms with Crippen molar-refractivity contribution in [3.8, 4) is 0 Å². The van der Waals surface area contributed by atoms with Crippen molar-refractivity contribution in [3.05, 3.63) is 30.3 Å². The number of benzene rings is 1. The van der Waals surface area contributed by atoms with Gasteiger partial charge in [-0.05, 0) is 25.0 Å². The van der Waals surface area contributed by atoms with Gasteiger partial charge < -0.3 is 15.3 Å². The highest BCUT2D eigenvalue weighted by atomic mass is 32.2. The lowest BCUT2D eigenvalue weighted by atomic mass is 9.98. The van der Waals surface area contributed by atoms with Gasteiger partial charge >= 0.3 is 5.97 Å². The Morgan fingerprint density at radius 2 is 1.96 bits per heavy atom. The van der Waals surface area contributed by atoms with Crippen molar-refractivity contribution < 1.29 is 19.5 Å². The van der Waals surface area contributed by atoms with Gasteiger partial charge in [0.2, 0.25) is 11.8 Å². The number of amides is 2. The summed E-state index contributed by atoms with van der Waals surface area (Å²) in [6.45, 7) is 0.865. The lowest BCUT2D eigenvalue weighted by molar-refractivity contribution is -0.145. The Labute approximate surface area is 139 Å². The topological polar surface area (TPSA) is 86.7 Å². The number of nitrogens with one attached hydrogen (secondary N) is 1. The molecule has 0 radical (unpaired) electrons. The summed E-state index contributed by atoms with van der Waals surface area (Å²) < 4.78 is 0. The lowest BCUT2D eigenvalue weighted by Gasteiger charge is -2.30. The molecule has 124 valence electrons. The van der Waals surface area contributed by atoms with Gasteiger partial charge in [-0.1, -0.05) is 18.2 Å². The van der Waals surface area contributed by atoms with Crippen LogP contribution in [-0.4, -0.2) is 52.4 Å². The zero-order valence-electron chi connectivity index (χ0n) is 12.7. The van der Waals surface area contributed by atoms with E-state index in [1.54, 1.807) is 17.0 Å². The van der Waals surface area contributed by atoms with E-state index in [-0.39, 0.29) is 29.9 Å². The number of carboxylic acids is 1. The number of carbonyl (C=O) groups excluding carboxylic acids is 2. The largest absolute Gasteiger partial charge is 0.481 e. The second kappa shape index (κ2) is 8.57. The molecule has 0 aliphatic carbocycles. The van der Waals surface area contributed by atoms with Crippen molar-refractivity contribution in [1.82, 2.24) is 4.90 Å². The number of hydrogen-bond acceptors (Lipinski definition) is 4. The summed E-state index contributed by atoms with van der Waals surface area (Å²) in [7, 11) is 0. The van der Waals surface area contributed by atoms with Crippen LogP contribution < -0.4 is 5.32 Å². The Kier molecular flexibility index (Phi) is 6.46. The number of hydrogen-bond donors (Lipinski definition) is 2. The Morgan fingerprint density at radius 1 is 1.22 bits per heavy atom. The predicted octanol–water partition coefficient (Wildman–Crippen LogP) is 1.68. The first-order valence-electron chi connectivity index (χ1n) is 7.49. The summed E-state index contributed by atoms with van der Waals surface area (Å²) in [5, 5.41) is 11.8. The average molecular weight is 336 g/mol. The Hall–Kier alpha value is -2.02. The number of nitrogens with zero attached hydrogens (tertiary/aromatic N) is 1. The Balaban J connectivity index is 1.70. The quantitative estimate of drug-likeness (QED) is 0.825. The number of likely N-dealkylation sites (tertiary alicyclic amines) is 1. The number of anilines is 1. The maximum absolute atomic E-state index is 12.1. The summed E-state index contributed by atoms with van der Waals surface area (Å²) in [4.78, 5) is 36.5. The summed E-state index contributed by atoms with van der Waals surface area (Å²) in [5.41, 5.74) is 0.727. The zero-order chi connectivity index (χ0) is 16.7. The molecule has 2 rings (SSSR count). The first-order chi connectivity index (χ1) is 11.1. The molecule has 1 saturated heterocycles. The maximum Gasteiger partial charge on any atom is 0.308 e. The second-order valence-corrected chi connectivity index (χ2v) is 6.41. The molecule has 1 unspecified atom stereocenters. The molecule has 1 aromatic carbocycles. The maximum atomic E-state index is 12.1. The molecule has 0 saturated carbocycles. The average Bonchev–Trinajstić information content (AvgIpc) is 2.55.